The van der Waals surface area contributed by atoms with Crippen molar-refractivity contribution in [3.05, 3.63) is 29.8 Å². The molecule has 1 aliphatic rings. The van der Waals surface area contributed by atoms with Crippen molar-refractivity contribution in [3.63, 3.8) is 0 Å². The molecule has 1 aromatic carbocycles. The summed E-state index contributed by atoms with van der Waals surface area (Å²) in [6.07, 6.45) is 0. The second-order valence-corrected chi connectivity index (χ2v) is 4.54. The highest BCUT2D eigenvalue weighted by atomic mass is 16.3. The Labute approximate surface area is 97.1 Å². The van der Waals surface area contributed by atoms with Crippen molar-refractivity contribution < 1.29 is 5.11 Å². The average molecular weight is 220 g/mol. The first kappa shape index (κ1) is 11.4. The Morgan fingerprint density at radius 2 is 2.25 bits per heavy atom. The normalized spacial score (nSPS) is 17.8. The molecule has 2 N–H and O–H groups in total. The predicted molar refractivity (Wildman–Crippen MR) is 66.6 cm³/mol. The van der Waals surface area contributed by atoms with E-state index < -0.39 is 0 Å². The Kier molecular flexibility index (Phi) is 3.80. The Morgan fingerprint density at radius 3 is 3.06 bits per heavy atom. The molecular weight excluding hydrogens is 200 g/mol. The van der Waals surface area contributed by atoms with Gasteiger partial charge in [-0.15, -0.1) is 0 Å². The van der Waals surface area contributed by atoms with E-state index in [9.17, 15) is 0 Å². The number of nitrogens with zero attached hydrogens (tertiary/aromatic N) is 1. The fourth-order valence-electron chi connectivity index (χ4n) is 2.15. The second-order valence-electron chi connectivity index (χ2n) is 4.54. The molecule has 0 bridgehead atoms. The van der Waals surface area contributed by atoms with Crippen LogP contribution in [0.4, 0.5) is 5.69 Å². The fraction of sp³-hybridized carbons (Fsp3) is 0.538. The molecule has 1 unspecified atom stereocenters. The summed E-state index contributed by atoms with van der Waals surface area (Å²) >= 11 is 0. The van der Waals surface area contributed by atoms with Crippen molar-refractivity contribution in [3.8, 4) is 0 Å². The minimum absolute atomic E-state index is 0.256. The monoisotopic (exact) mass is 220 g/mol. The largest absolute Gasteiger partial charge is 0.396 e. The van der Waals surface area contributed by atoms with Crippen LogP contribution in [0.1, 0.15) is 12.5 Å². The van der Waals surface area contributed by atoms with Crippen molar-refractivity contribution in [1.29, 1.82) is 0 Å². The van der Waals surface area contributed by atoms with Gasteiger partial charge in [0.25, 0.3) is 0 Å². The number of aliphatic hydroxyl groups excluding tert-OH is 1. The molecule has 88 valence electrons. The lowest BCUT2D eigenvalue weighted by Gasteiger charge is -2.27. The highest BCUT2D eigenvalue weighted by molar-refractivity contribution is 5.54. The van der Waals surface area contributed by atoms with Crippen molar-refractivity contribution in [1.82, 2.24) is 5.32 Å². The number of para-hydroxylation sites is 1. The molecule has 0 fully saturated rings. The van der Waals surface area contributed by atoms with Gasteiger partial charge >= 0.3 is 0 Å². The maximum absolute atomic E-state index is 9.14. The molecule has 16 heavy (non-hydrogen) atoms. The summed E-state index contributed by atoms with van der Waals surface area (Å²) in [5.41, 5.74) is 2.66. The van der Waals surface area contributed by atoms with E-state index >= 15 is 0 Å². The molecule has 0 spiro atoms. The van der Waals surface area contributed by atoms with Gasteiger partial charge in [0.15, 0.2) is 0 Å². The first-order valence-electron chi connectivity index (χ1n) is 5.95. The van der Waals surface area contributed by atoms with E-state index in [1.54, 1.807) is 0 Å². The van der Waals surface area contributed by atoms with Gasteiger partial charge < -0.3 is 15.3 Å². The van der Waals surface area contributed by atoms with Crippen LogP contribution < -0.4 is 10.2 Å². The Balaban J connectivity index is 2.19. The van der Waals surface area contributed by atoms with Gasteiger partial charge in [-0.25, -0.2) is 0 Å². The molecule has 1 aliphatic heterocycles. The number of nitrogens with one attached hydrogen (secondary N) is 1. The predicted octanol–water partition coefficient (Wildman–Crippen LogP) is 1.22. The van der Waals surface area contributed by atoms with Crippen LogP contribution in [0.15, 0.2) is 24.3 Å². The van der Waals surface area contributed by atoms with Crippen molar-refractivity contribution >= 4 is 5.69 Å². The van der Waals surface area contributed by atoms with E-state index in [0.717, 1.165) is 26.2 Å². The molecule has 0 saturated heterocycles. The van der Waals surface area contributed by atoms with Gasteiger partial charge in [-0.05, 0) is 17.5 Å². The molecule has 3 heteroatoms. The number of fused-ring (bicyclic) bond motifs is 1. The van der Waals surface area contributed by atoms with Crippen molar-refractivity contribution in [2.75, 3.05) is 31.1 Å². The number of hydrogen-bond donors (Lipinski definition) is 2. The molecule has 1 aromatic rings. The molecule has 1 atom stereocenters. The maximum atomic E-state index is 9.14. The smallest absolute Gasteiger partial charge is 0.0473 e. The summed E-state index contributed by atoms with van der Waals surface area (Å²) in [7, 11) is 0. The summed E-state index contributed by atoms with van der Waals surface area (Å²) in [4.78, 5) is 2.37. The van der Waals surface area contributed by atoms with Crippen LogP contribution in [0.25, 0.3) is 0 Å². The van der Waals surface area contributed by atoms with Gasteiger partial charge in [-0.3, -0.25) is 0 Å². The summed E-state index contributed by atoms with van der Waals surface area (Å²) in [5, 5.41) is 12.6. The molecule has 0 saturated carbocycles. The van der Waals surface area contributed by atoms with E-state index in [-0.39, 0.29) is 6.61 Å². The number of aliphatic hydroxyl groups is 1. The van der Waals surface area contributed by atoms with Gasteiger partial charge in [-0.1, -0.05) is 25.1 Å². The number of rotatable bonds is 3. The molecule has 0 aromatic heterocycles. The van der Waals surface area contributed by atoms with E-state index in [4.69, 9.17) is 5.11 Å². The summed E-state index contributed by atoms with van der Waals surface area (Å²) < 4.78 is 0. The zero-order valence-electron chi connectivity index (χ0n) is 9.82. The number of hydrogen-bond acceptors (Lipinski definition) is 3. The molecule has 3 nitrogen and oxygen atoms in total. The fourth-order valence-corrected chi connectivity index (χ4v) is 2.15. The average Bonchev–Trinajstić information content (AvgIpc) is 2.52. The van der Waals surface area contributed by atoms with Crippen LogP contribution in [-0.4, -0.2) is 31.3 Å². The summed E-state index contributed by atoms with van der Waals surface area (Å²) in [6, 6.07) is 8.51. The first-order valence-corrected chi connectivity index (χ1v) is 5.95. The maximum Gasteiger partial charge on any atom is 0.0473 e. The van der Waals surface area contributed by atoms with Gasteiger partial charge in [0.05, 0.1) is 0 Å². The third kappa shape index (κ3) is 2.54. The zero-order valence-corrected chi connectivity index (χ0v) is 9.82. The number of anilines is 1. The second kappa shape index (κ2) is 5.32. The third-order valence-electron chi connectivity index (χ3n) is 3.05. The van der Waals surface area contributed by atoms with Crippen LogP contribution in [0, 0.1) is 5.92 Å². The number of benzene rings is 1. The quantitative estimate of drug-likeness (QED) is 0.804. The SMILES string of the molecule is CC(CO)CN1CCNCc2ccccc21. The van der Waals surface area contributed by atoms with Crippen LogP contribution in [0.5, 0.6) is 0 Å². The van der Waals surface area contributed by atoms with Gasteiger partial charge in [0.2, 0.25) is 0 Å². The molecular formula is C13H20N2O. The molecule has 0 amide bonds. The summed E-state index contributed by atoms with van der Waals surface area (Å²) in [5.74, 6) is 0.325. The van der Waals surface area contributed by atoms with E-state index in [2.05, 4.69) is 41.4 Å². The lowest BCUT2D eigenvalue weighted by Crippen LogP contribution is -2.33. The molecule has 0 radical (unpaired) electrons. The highest BCUT2D eigenvalue weighted by Crippen LogP contribution is 2.22. The van der Waals surface area contributed by atoms with Crippen LogP contribution in [0.3, 0.4) is 0 Å². The minimum Gasteiger partial charge on any atom is -0.396 e. The van der Waals surface area contributed by atoms with Gasteiger partial charge in [0, 0.05) is 38.5 Å². The van der Waals surface area contributed by atoms with Crippen LogP contribution in [-0.2, 0) is 6.54 Å². The Morgan fingerprint density at radius 1 is 1.44 bits per heavy atom. The highest BCUT2D eigenvalue weighted by Gasteiger charge is 2.15. The zero-order chi connectivity index (χ0) is 11.4. The van der Waals surface area contributed by atoms with Crippen LogP contribution in [0.2, 0.25) is 0 Å². The van der Waals surface area contributed by atoms with Gasteiger partial charge in [-0.2, -0.15) is 0 Å². The topological polar surface area (TPSA) is 35.5 Å². The molecule has 1 heterocycles. The minimum atomic E-state index is 0.256. The summed E-state index contributed by atoms with van der Waals surface area (Å²) in [6.45, 7) is 6.23. The standard InChI is InChI=1S/C13H20N2O/c1-11(10-16)9-15-7-6-14-8-12-4-2-3-5-13(12)15/h2-5,11,14,16H,6-10H2,1H3. The van der Waals surface area contributed by atoms with Gasteiger partial charge in [0.1, 0.15) is 0 Å². The third-order valence-corrected chi connectivity index (χ3v) is 3.05. The lowest BCUT2D eigenvalue weighted by atomic mass is 10.1. The first-order chi connectivity index (χ1) is 7.81. The van der Waals surface area contributed by atoms with Crippen molar-refractivity contribution in [2.45, 2.75) is 13.5 Å². The lowest BCUT2D eigenvalue weighted by molar-refractivity contribution is 0.239. The van der Waals surface area contributed by atoms with E-state index in [1.807, 2.05) is 0 Å². The molecule has 0 aliphatic carbocycles. The van der Waals surface area contributed by atoms with E-state index in [1.165, 1.54) is 11.3 Å². The van der Waals surface area contributed by atoms with E-state index in [0.29, 0.717) is 5.92 Å². The molecule has 2 rings (SSSR count). The Bertz CT molecular complexity index is 340. The Hall–Kier alpha value is -1.06. The van der Waals surface area contributed by atoms with Crippen molar-refractivity contribution in [2.24, 2.45) is 5.92 Å². The van der Waals surface area contributed by atoms with Crippen LogP contribution >= 0.6 is 0 Å².